The quantitative estimate of drug-likeness (QED) is 0.557. The predicted molar refractivity (Wildman–Crippen MR) is 79.1 cm³/mol. The molecule has 0 radical (unpaired) electrons. The molecule has 3 aromatic rings. The highest BCUT2D eigenvalue weighted by molar-refractivity contribution is 7.99. The molecule has 0 saturated heterocycles. The zero-order valence-corrected chi connectivity index (χ0v) is 12.1. The molecule has 0 unspecified atom stereocenters. The van der Waals surface area contributed by atoms with Gasteiger partial charge in [-0.25, -0.2) is 14.1 Å². The smallest absolute Gasteiger partial charge is 0.236 e. The van der Waals surface area contributed by atoms with Gasteiger partial charge in [-0.3, -0.25) is 4.79 Å². The van der Waals surface area contributed by atoms with Crippen LogP contribution in [0.4, 0.5) is 9.52 Å². The number of halogens is 1. The van der Waals surface area contributed by atoms with Gasteiger partial charge in [-0.05, 0) is 18.2 Å². The van der Waals surface area contributed by atoms with Crippen LogP contribution in [0.25, 0.3) is 10.2 Å². The van der Waals surface area contributed by atoms with E-state index in [0.29, 0.717) is 20.5 Å². The van der Waals surface area contributed by atoms with Crippen LogP contribution in [0.1, 0.15) is 0 Å². The summed E-state index contributed by atoms with van der Waals surface area (Å²) in [5.41, 5.74) is 0.644. The fourth-order valence-electron chi connectivity index (χ4n) is 1.57. The van der Waals surface area contributed by atoms with E-state index in [9.17, 15) is 9.18 Å². The van der Waals surface area contributed by atoms with E-state index < -0.39 is 0 Å². The van der Waals surface area contributed by atoms with Crippen molar-refractivity contribution < 1.29 is 9.18 Å². The third-order valence-corrected chi connectivity index (χ3v) is 4.36. The lowest BCUT2D eigenvalue weighted by Gasteiger charge is -2.00. The lowest BCUT2D eigenvalue weighted by molar-refractivity contribution is -0.113. The molecule has 3 N–H and O–H groups in total. The van der Waals surface area contributed by atoms with Crippen molar-refractivity contribution in [3.05, 3.63) is 30.3 Å². The maximum atomic E-state index is 13.1. The van der Waals surface area contributed by atoms with Crippen molar-refractivity contribution in [3.8, 4) is 0 Å². The monoisotopic (exact) mass is 324 g/mol. The van der Waals surface area contributed by atoms with Gasteiger partial charge in [0.1, 0.15) is 12.1 Å². The van der Waals surface area contributed by atoms with Crippen LogP contribution in [0.5, 0.6) is 0 Å². The first-order valence-electron chi connectivity index (χ1n) is 5.75. The molecule has 0 saturated carbocycles. The summed E-state index contributed by atoms with van der Waals surface area (Å²) in [5, 5.41) is 10.9. The second kappa shape index (κ2) is 5.66. The van der Waals surface area contributed by atoms with Crippen LogP contribution in [-0.2, 0) is 4.79 Å². The number of thioether (sulfide) groups is 1. The van der Waals surface area contributed by atoms with Gasteiger partial charge in [-0.2, -0.15) is 0 Å². The van der Waals surface area contributed by atoms with Crippen LogP contribution >= 0.6 is 23.1 Å². The molecule has 0 atom stereocenters. The van der Waals surface area contributed by atoms with Crippen molar-refractivity contribution in [2.24, 2.45) is 0 Å². The number of carbonyl (C=O) groups is 1. The average molecular weight is 324 g/mol. The zero-order valence-electron chi connectivity index (χ0n) is 10.5. The number of nitrogens with zero attached hydrogens (tertiary/aromatic N) is 4. The van der Waals surface area contributed by atoms with E-state index in [1.54, 1.807) is 6.07 Å². The highest BCUT2D eigenvalue weighted by atomic mass is 32.2. The lowest BCUT2D eigenvalue weighted by Crippen LogP contribution is -2.15. The number of nitrogens with two attached hydrogens (primary N) is 1. The molecule has 21 heavy (non-hydrogen) atoms. The summed E-state index contributed by atoms with van der Waals surface area (Å²) in [6.07, 6.45) is 1.35. The summed E-state index contributed by atoms with van der Waals surface area (Å²) in [6.45, 7) is 0. The lowest BCUT2D eigenvalue weighted by atomic mass is 10.3. The highest BCUT2D eigenvalue weighted by Gasteiger charge is 2.10. The second-order valence-electron chi connectivity index (χ2n) is 3.99. The van der Waals surface area contributed by atoms with Crippen molar-refractivity contribution >= 4 is 44.4 Å². The minimum atomic E-state index is -0.332. The van der Waals surface area contributed by atoms with Crippen molar-refractivity contribution in [2.45, 2.75) is 5.16 Å². The van der Waals surface area contributed by atoms with E-state index in [1.807, 2.05) is 0 Å². The number of thiazole rings is 1. The molecule has 2 heterocycles. The first-order chi connectivity index (χ1) is 10.1. The van der Waals surface area contributed by atoms with E-state index in [0.717, 1.165) is 11.8 Å². The fourth-order valence-corrected chi connectivity index (χ4v) is 3.11. The van der Waals surface area contributed by atoms with Crippen LogP contribution in [0.15, 0.2) is 29.7 Å². The molecule has 0 aliphatic heterocycles. The number of anilines is 1. The van der Waals surface area contributed by atoms with E-state index in [2.05, 4.69) is 20.5 Å². The number of rotatable bonds is 4. The minimum absolute atomic E-state index is 0.125. The number of aromatic nitrogens is 4. The maximum Gasteiger partial charge on any atom is 0.236 e. The summed E-state index contributed by atoms with van der Waals surface area (Å²) >= 11 is 2.38. The summed E-state index contributed by atoms with van der Waals surface area (Å²) in [6, 6.07) is 4.29. The number of hydrogen-bond acceptors (Lipinski definition) is 7. The van der Waals surface area contributed by atoms with Gasteiger partial charge in [0.05, 0.1) is 16.0 Å². The van der Waals surface area contributed by atoms with Gasteiger partial charge in [-0.15, -0.1) is 10.2 Å². The van der Waals surface area contributed by atoms with Crippen LogP contribution in [0.3, 0.4) is 0 Å². The van der Waals surface area contributed by atoms with Crippen LogP contribution in [-0.4, -0.2) is 31.5 Å². The van der Waals surface area contributed by atoms with Gasteiger partial charge in [0.15, 0.2) is 5.13 Å². The van der Waals surface area contributed by atoms with Crippen molar-refractivity contribution in [1.29, 1.82) is 0 Å². The maximum absolute atomic E-state index is 13.1. The number of benzene rings is 1. The molecule has 0 aliphatic rings. The third kappa shape index (κ3) is 3.11. The number of fused-ring (bicyclic) bond motifs is 1. The zero-order chi connectivity index (χ0) is 14.8. The summed E-state index contributed by atoms with van der Waals surface area (Å²) in [5.74, 6) is 5.08. The van der Waals surface area contributed by atoms with Gasteiger partial charge in [0, 0.05) is 0 Å². The highest BCUT2D eigenvalue weighted by Crippen LogP contribution is 2.26. The average Bonchev–Trinajstić information content (AvgIpc) is 3.01. The molecule has 10 heteroatoms. The SMILES string of the molecule is Nn1cnnc1SCC(=O)Nc1nc2ccc(F)cc2s1. The van der Waals surface area contributed by atoms with Crippen LogP contribution in [0, 0.1) is 5.82 Å². The Bertz CT molecular complexity index is 801. The Kier molecular flexibility index (Phi) is 3.71. The topological polar surface area (TPSA) is 98.7 Å². The van der Waals surface area contributed by atoms with E-state index in [4.69, 9.17) is 5.84 Å². The first-order valence-corrected chi connectivity index (χ1v) is 7.56. The van der Waals surface area contributed by atoms with Crippen molar-refractivity contribution in [1.82, 2.24) is 19.9 Å². The van der Waals surface area contributed by atoms with Gasteiger partial charge in [0.25, 0.3) is 0 Å². The van der Waals surface area contributed by atoms with E-state index in [1.165, 1.54) is 34.5 Å². The summed E-state index contributed by atoms with van der Waals surface area (Å²) < 4.78 is 15.0. The molecule has 0 spiro atoms. The van der Waals surface area contributed by atoms with Gasteiger partial charge in [0.2, 0.25) is 11.1 Å². The molecule has 1 amide bonds. The van der Waals surface area contributed by atoms with Crippen LogP contribution < -0.4 is 11.2 Å². The Labute approximate surface area is 126 Å². The van der Waals surface area contributed by atoms with E-state index in [-0.39, 0.29) is 17.5 Å². The molecule has 108 valence electrons. The first kappa shape index (κ1) is 13.8. The Morgan fingerprint density at radius 1 is 1.52 bits per heavy atom. The number of nitrogens with one attached hydrogen (secondary N) is 1. The summed E-state index contributed by atoms with van der Waals surface area (Å²) in [7, 11) is 0. The molecule has 7 nitrogen and oxygen atoms in total. The molecule has 0 fully saturated rings. The molecule has 1 aromatic carbocycles. The Balaban J connectivity index is 1.64. The fraction of sp³-hybridized carbons (Fsp3) is 0.0909. The Morgan fingerprint density at radius 3 is 3.14 bits per heavy atom. The molecular formula is C11H9FN6OS2. The number of carbonyl (C=O) groups excluding carboxylic acids is 1. The Hall–Kier alpha value is -2.20. The van der Waals surface area contributed by atoms with Gasteiger partial charge >= 0.3 is 0 Å². The molecule has 2 aromatic heterocycles. The molecule has 3 rings (SSSR count). The van der Waals surface area contributed by atoms with Crippen molar-refractivity contribution in [3.63, 3.8) is 0 Å². The molecular weight excluding hydrogens is 315 g/mol. The minimum Gasteiger partial charge on any atom is -0.336 e. The van der Waals surface area contributed by atoms with Gasteiger partial charge in [-0.1, -0.05) is 23.1 Å². The van der Waals surface area contributed by atoms with Gasteiger partial charge < -0.3 is 11.2 Å². The number of nitrogen functional groups attached to an aromatic ring is 1. The summed E-state index contributed by atoms with van der Waals surface area (Å²) in [4.78, 5) is 16.0. The number of hydrogen-bond donors (Lipinski definition) is 2. The Morgan fingerprint density at radius 2 is 2.38 bits per heavy atom. The molecule has 0 bridgehead atoms. The second-order valence-corrected chi connectivity index (χ2v) is 5.96. The molecule has 0 aliphatic carbocycles. The standard InChI is InChI=1S/C11H9FN6OS2/c12-6-1-2-7-8(3-6)21-10(15-7)16-9(19)4-20-11-17-14-5-18(11)13/h1-3,5H,4,13H2,(H,15,16,19). The largest absolute Gasteiger partial charge is 0.336 e. The number of amides is 1. The van der Waals surface area contributed by atoms with Crippen molar-refractivity contribution in [2.75, 3.05) is 16.9 Å². The van der Waals surface area contributed by atoms with Crippen LogP contribution in [0.2, 0.25) is 0 Å². The normalized spacial score (nSPS) is 10.9. The third-order valence-electron chi connectivity index (χ3n) is 2.47. The van der Waals surface area contributed by atoms with E-state index >= 15 is 0 Å². The predicted octanol–water partition coefficient (Wildman–Crippen LogP) is 1.47.